The highest BCUT2D eigenvalue weighted by atomic mass is 16.5. The molecule has 1 aliphatic rings. The molecule has 1 aromatic carbocycles. The van der Waals surface area contributed by atoms with E-state index in [4.69, 9.17) is 9.84 Å². The van der Waals surface area contributed by atoms with Crippen LogP contribution in [0.25, 0.3) is 0 Å². The van der Waals surface area contributed by atoms with Crippen LogP contribution in [0.1, 0.15) is 25.7 Å². The van der Waals surface area contributed by atoms with Crippen molar-refractivity contribution in [2.45, 2.75) is 31.7 Å². The van der Waals surface area contributed by atoms with E-state index in [1.165, 1.54) is 6.42 Å². The maximum absolute atomic E-state index is 12.1. The molecular formula is C16H24N2O3. The normalized spacial score (nSPS) is 19.2. The van der Waals surface area contributed by atoms with E-state index in [2.05, 4.69) is 10.2 Å². The van der Waals surface area contributed by atoms with Crippen molar-refractivity contribution in [2.24, 2.45) is 0 Å². The molecule has 0 spiro atoms. The Morgan fingerprint density at radius 2 is 2.14 bits per heavy atom. The van der Waals surface area contributed by atoms with E-state index in [0.717, 1.165) is 37.2 Å². The maximum Gasteiger partial charge on any atom is 0.238 e. The van der Waals surface area contributed by atoms with E-state index in [-0.39, 0.29) is 12.5 Å². The molecule has 0 radical (unpaired) electrons. The number of amides is 1. The van der Waals surface area contributed by atoms with Crippen LogP contribution in [-0.2, 0) is 4.79 Å². The Hall–Kier alpha value is -1.59. The number of nitrogens with zero attached hydrogens (tertiary/aromatic N) is 1. The number of benzene rings is 1. The van der Waals surface area contributed by atoms with E-state index in [0.29, 0.717) is 12.6 Å². The number of hydrogen-bond donors (Lipinski definition) is 2. The minimum atomic E-state index is -0.00925. The zero-order valence-electron chi connectivity index (χ0n) is 12.5. The zero-order valence-corrected chi connectivity index (χ0v) is 12.5. The fourth-order valence-corrected chi connectivity index (χ4v) is 2.80. The lowest BCUT2D eigenvalue weighted by molar-refractivity contribution is -0.118. The van der Waals surface area contributed by atoms with Crippen LogP contribution in [0.15, 0.2) is 24.3 Å². The second-order valence-electron chi connectivity index (χ2n) is 5.41. The number of ether oxygens (including phenoxy) is 1. The summed E-state index contributed by atoms with van der Waals surface area (Å²) in [6.07, 6.45) is 4.12. The van der Waals surface area contributed by atoms with Gasteiger partial charge in [0.05, 0.1) is 13.7 Å². The van der Waals surface area contributed by atoms with E-state index in [9.17, 15) is 4.79 Å². The number of aliphatic hydroxyl groups excluding tert-OH is 1. The molecule has 0 saturated carbocycles. The van der Waals surface area contributed by atoms with Crippen LogP contribution in [0.4, 0.5) is 5.69 Å². The number of rotatable bonds is 6. The van der Waals surface area contributed by atoms with Gasteiger partial charge in [0.1, 0.15) is 5.75 Å². The lowest BCUT2D eigenvalue weighted by Gasteiger charge is -2.34. The fraction of sp³-hybridized carbons (Fsp3) is 0.562. The largest absolute Gasteiger partial charge is 0.497 e. The van der Waals surface area contributed by atoms with Gasteiger partial charge in [0.15, 0.2) is 0 Å². The number of nitrogens with one attached hydrogen (secondary N) is 1. The van der Waals surface area contributed by atoms with Crippen molar-refractivity contribution in [1.29, 1.82) is 0 Å². The summed E-state index contributed by atoms with van der Waals surface area (Å²) in [5, 5.41) is 12.0. The molecule has 2 rings (SSSR count). The van der Waals surface area contributed by atoms with Crippen molar-refractivity contribution in [3.8, 4) is 5.75 Å². The average molecular weight is 292 g/mol. The number of carbonyl (C=O) groups excluding carboxylic acids is 1. The Labute approximate surface area is 125 Å². The van der Waals surface area contributed by atoms with Crippen molar-refractivity contribution in [3.63, 3.8) is 0 Å². The Kier molecular flexibility index (Phi) is 6.02. The van der Waals surface area contributed by atoms with E-state index in [1.54, 1.807) is 7.11 Å². The third kappa shape index (κ3) is 4.72. The predicted octanol–water partition coefficient (Wildman–Crippen LogP) is 1.87. The van der Waals surface area contributed by atoms with Gasteiger partial charge < -0.3 is 15.2 Å². The highest BCUT2D eigenvalue weighted by molar-refractivity contribution is 5.92. The second-order valence-corrected chi connectivity index (χ2v) is 5.41. The van der Waals surface area contributed by atoms with Crippen LogP contribution in [0.5, 0.6) is 5.75 Å². The molecule has 0 bridgehead atoms. The molecule has 1 fully saturated rings. The van der Waals surface area contributed by atoms with Crippen LogP contribution >= 0.6 is 0 Å². The Balaban J connectivity index is 1.87. The van der Waals surface area contributed by atoms with Crippen molar-refractivity contribution >= 4 is 11.6 Å². The van der Waals surface area contributed by atoms with Gasteiger partial charge in [-0.15, -0.1) is 0 Å². The molecule has 21 heavy (non-hydrogen) atoms. The molecule has 0 aromatic heterocycles. The molecule has 1 saturated heterocycles. The quantitative estimate of drug-likeness (QED) is 0.840. The molecule has 1 heterocycles. The van der Waals surface area contributed by atoms with Gasteiger partial charge in [-0.05, 0) is 50.1 Å². The smallest absolute Gasteiger partial charge is 0.238 e. The van der Waals surface area contributed by atoms with Gasteiger partial charge in [0, 0.05) is 18.3 Å². The lowest BCUT2D eigenvalue weighted by Crippen LogP contribution is -2.44. The first kappa shape index (κ1) is 15.8. The van der Waals surface area contributed by atoms with Crippen molar-refractivity contribution < 1.29 is 14.6 Å². The molecule has 1 amide bonds. The monoisotopic (exact) mass is 292 g/mol. The highest BCUT2D eigenvalue weighted by Gasteiger charge is 2.23. The number of likely N-dealkylation sites (tertiary alicyclic amines) is 1. The number of piperidine rings is 1. The summed E-state index contributed by atoms with van der Waals surface area (Å²) in [4.78, 5) is 14.3. The van der Waals surface area contributed by atoms with Crippen LogP contribution in [0.2, 0.25) is 0 Å². The van der Waals surface area contributed by atoms with E-state index in [1.807, 2.05) is 24.3 Å². The number of methoxy groups -OCH3 is 1. The fourth-order valence-electron chi connectivity index (χ4n) is 2.80. The van der Waals surface area contributed by atoms with Crippen molar-refractivity contribution in [1.82, 2.24) is 4.90 Å². The van der Waals surface area contributed by atoms with Crippen LogP contribution in [0, 0.1) is 0 Å². The molecule has 5 heteroatoms. The maximum atomic E-state index is 12.1. The molecular weight excluding hydrogens is 268 g/mol. The van der Waals surface area contributed by atoms with Gasteiger partial charge in [-0.3, -0.25) is 9.69 Å². The van der Waals surface area contributed by atoms with Crippen LogP contribution in [-0.4, -0.2) is 48.8 Å². The van der Waals surface area contributed by atoms with Gasteiger partial charge in [-0.2, -0.15) is 0 Å². The molecule has 2 N–H and O–H groups in total. The first-order valence-corrected chi connectivity index (χ1v) is 7.51. The Morgan fingerprint density at radius 1 is 1.38 bits per heavy atom. The van der Waals surface area contributed by atoms with Crippen molar-refractivity contribution in [3.05, 3.63) is 24.3 Å². The Bertz CT molecular complexity index is 445. The third-order valence-electron chi connectivity index (χ3n) is 3.93. The first-order valence-electron chi connectivity index (χ1n) is 7.51. The number of aliphatic hydroxyl groups is 1. The molecule has 5 nitrogen and oxygen atoms in total. The summed E-state index contributed by atoms with van der Waals surface area (Å²) in [6.45, 7) is 1.50. The molecule has 1 aromatic rings. The molecule has 1 aliphatic heterocycles. The van der Waals surface area contributed by atoms with Crippen LogP contribution in [0.3, 0.4) is 0 Å². The van der Waals surface area contributed by atoms with E-state index < -0.39 is 0 Å². The minimum Gasteiger partial charge on any atom is -0.497 e. The van der Waals surface area contributed by atoms with Gasteiger partial charge in [0.2, 0.25) is 5.91 Å². The summed E-state index contributed by atoms with van der Waals surface area (Å²) >= 11 is 0. The summed E-state index contributed by atoms with van der Waals surface area (Å²) in [6, 6.07) is 7.64. The van der Waals surface area contributed by atoms with Gasteiger partial charge in [-0.1, -0.05) is 6.42 Å². The zero-order chi connectivity index (χ0) is 15.1. The topological polar surface area (TPSA) is 61.8 Å². The molecule has 1 atom stereocenters. The van der Waals surface area contributed by atoms with Gasteiger partial charge in [0.25, 0.3) is 0 Å². The molecule has 1 unspecified atom stereocenters. The van der Waals surface area contributed by atoms with E-state index >= 15 is 0 Å². The van der Waals surface area contributed by atoms with Gasteiger partial charge >= 0.3 is 0 Å². The third-order valence-corrected chi connectivity index (χ3v) is 3.93. The molecule has 116 valence electrons. The number of hydrogen-bond acceptors (Lipinski definition) is 4. The van der Waals surface area contributed by atoms with Gasteiger partial charge in [-0.25, -0.2) is 0 Å². The average Bonchev–Trinajstić information content (AvgIpc) is 2.50. The number of anilines is 1. The molecule has 0 aliphatic carbocycles. The lowest BCUT2D eigenvalue weighted by atomic mass is 10.00. The van der Waals surface area contributed by atoms with Crippen molar-refractivity contribution in [2.75, 3.05) is 32.1 Å². The second kappa shape index (κ2) is 8.00. The first-order chi connectivity index (χ1) is 10.2. The summed E-state index contributed by atoms with van der Waals surface area (Å²) in [5.74, 6) is 0.761. The summed E-state index contributed by atoms with van der Waals surface area (Å²) in [5.41, 5.74) is 0.775. The Morgan fingerprint density at radius 3 is 2.81 bits per heavy atom. The highest BCUT2D eigenvalue weighted by Crippen LogP contribution is 2.20. The van der Waals surface area contributed by atoms with Crippen LogP contribution < -0.4 is 10.1 Å². The SMILES string of the molecule is COc1ccc(NC(=O)CN2CCCCC2CCO)cc1. The summed E-state index contributed by atoms with van der Waals surface area (Å²) in [7, 11) is 1.62. The summed E-state index contributed by atoms with van der Waals surface area (Å²) < 4.78 is 5.09. The standard InChI is InChI=1S/C16H24N2O3/c1-21-15-7-5-13(6-8-15)17-16(20)12-18-10-3-2-4-14(18)9-11-19/h5-8,14,19H,2-4,9-12H2,1H3,(H,17,20). The number of carbonyl (C=O) groups is 1. The predicted molar refractivity (Wildman–Crippen MR) is 82.5 cm³/mol. The minimum absolute atomic E-state index is 0.00925.